The number of aliphatic imine (C=N–C) groups is 1. The molecule has 5 nitrogen and oxygen atoms in total. The Kier molecular flexibility index (Phi) is 6.10. The molecular weight excluding hydrogens is 362 g/mol. The number of halogens is 1. The quantitative estimate of drug-likeness (QED) is 0.618. The van der Waals surface area contributed by atoms with Crippen LogP contribution in [0.15, 0.2) is 45.1 Å². The molecule has 1 aromatic rings. The summed E-state index contributed by atoms with van der Waals surface area (Å²) in [5.74, 6) is -0.451. The second kappa shape index (κ2) is 8.06. The van der Waals surface area contributed by atoms with Gasteiger partial charge in [-0.3, -0.25) is 14.6 Å². The topological polar surface area (TPSA) is 76.0 Å². The number of ether oxygens (including phenoxy) is 1. The molecule has 6 heteroatoms. The van der Waals surface area contributed by atoms with Crippen LogP contribution in [-0.4, -0.2) is 29.7 Å². The van der Waals surface area contributed by atoms with E-state index in [0.29, 0.717) is 30.7 Å². The lowest BCUT2D eigenvalue weighted by Crippen LogP contribution is -2.20. The fourth-order valence-corrected chi connectivity index (χ4v) is 2.65. The first-order valence-electron chi connectivity index (χ1n) is 7.37. The number of esters is 1. The highest BCUT2D eigenvalue weighted by molar-refractivity contribution is 9.10. The lowest BCUT2D eigenvalue weighted by atomic mass is 9.91. The highest BCUT2D eigenvalue weighted by Crippen LogP contribution is 2.26. The summed E-state index contributed by atoms with van der Waals surface area (Å²) in [5, 5.41) is 10.1. The zero-order valence-corrected chi connectivity index (χ0v) is 14.4. The van der Waals surface area contributed by atoms with Gasteiger partial charge < -0.3 is 9.84 Å². The Morgan fingerprint density at radius 2 is 1.96 bits per heavy atom. The summed E-state index contributed by atoms with van der Waals surface area (Å²) < 4.78 is 5.56. The molecule has 0 radical (unpaired) electrons. The Morgan fingerprint density at radius 1 is 1.26 bits per heavy atom. The van der Waals surface area contributed by atoms with Gasteiger partial charge >= 0.3 is 5.97 Å². The second-order valence-electron chi connectivity index (χ2n) is 5.21. The summed E-state index contributed by atoms with van der Waals surface area (Å²) in [4.78, 5) is 28.1. The van der Waals surface area contributed by atoms with Crippen molar-refractivity contribution in [2.45, 2.75) is 32.1 Å². The van der Waals surface area contributed by atoms with Crippen molar-refractivity contribution >= 4 is 39.1 Å². The second-order valence-corrected chi connectivity index (χ2v) is 6.13. The minimum Gasteiger partial charge on any atom is -0.511 e. The molecule has 0 heterocycles. The number of methoxy groups -OCH3 is 1. The number of hydrogen-bond acceptors (Lipinski definition) is 5. The van der Waals surface area contributed by atoms with Crippen LogP contribution < -0.4 is 0 Å². The van der Waals surface area contributed by atoms with Crippen LogP contribution in [0, 0.1) is 0 Å². The maximum Gasteiger partial charge on any atom is 0.305 e. The van der Waals surface area contributed by atoms with Crippen molar-refractivity contribution in [1.82, 2.24) is 0 Å². The van der Waals surface area contributed by atoms with Crippen LogP contribution in [0.4, 0.5) is 5.69 Å². The number of Topliss-reactive ketones (excluding diaryl/α,β-unsaturated/α-hetero) is 1. The molecule has 1 aromatic carbocycles. The number of carbonyl (C=O) groups excluding carboxylic acids is 2. The van der Waals surface area contributed by atoms with Gasteiger partial charge in [-0.05, 0) is 30.7 Å². The summed E-state index contributed by atoms with van der Waals surface area (Å²) in [5.41, 5.74) is 1.34. The van der Waals surface area contributed by atoms with Gasteiger partial charge in [0.05, 0.1) is 30.5 Å². The molecule has 1 aliphatic carbocycles. The fourth-order valence-electron chi connectivity index (χ4n) is 2.39. The van der Waals surface area contributed by atoms with Gasteiger partial charge in [-0.1, -0.05) is 15.9 Å². The van der Waals surface area contributed by atoms with Crippen LogP contribution in [0.5, 0.6) is 0 Å². The third-order valence-corrected chi connectivity index (χ3v) is 4.09. The third-order valence-electron chi connectivity index (χ3n) is 3.56. The first-order chi connectivity index (χ1) is 11.0. The van der Waals surface area contributed by atoms with Crippen LogP contribution in [0.1, 0.15) is 32.1 Å². The Bertz CT molecular complexity index is 662. The molecule has 23 heavy (non-hydrogen) atoms. The van der Waals surface area contributed by atoms with Gasteiger partial charge in [-0.25, -0.2) is 0 Å². The molecule has 0 atom stereocenters. The number of rotatable bonds is 5. The Labute approximate surface area is 143 Å². The number of allylic oxidation sites excluding steroid dienone is 2. The van der Waals surface area contributed by atoms with Gasteiger partial charge in [0, 0.05) is 23.7 Å². The molecule has 0 fully saturated rings. The molecule has 0 bridgehead atoms. The summed E-state index contributed by atoms with van der Waals surface area (Å²) in [7, 11) is 1.32. The lowest BCUT2D eigenvalue weighted by Gasteiger charge is -2.17. The van der Waals surface area contributed by atoms with E-state index in [1.807, 2.05) is 12.1 Å². The van der Waals surface area contributed by atoms with Gasteiger partial charge in [0.25, 0.3) is 0 Å². The highest BCUT2D eigenvalue weighted by Gasteiger charge is 2.25. The third kappa shape index (κ3) is 4.76. The van der Waals surface area contributed by atoms with Crippen LogP contribution in [0.2, 0.25) is 0 Å². The molecule has 1 aliphatic rings. The SMILES string of the molecule is COC(=O)CCC(=Nc1ccc(Br)cc1)C1=C(O)CCCC1=O. The number of ketones is 1. The summed E-state index contributed by atoms with van der Waals surface area (Å²) >= 11 is 3.35. The molecular formula is C17H18BrNO4. The standard InChI is InChI=1S/C17H18BrNO4/c1-23-16(22)10-9-13(17-14(20)3-2-4-15(17)21)19-12-7-5-11(18)6-8-12/h5-8,20H,2-4,9-10H2,1H3. The summed E-state index contributed by atoms with van der Waals surface area (Å²) in [6.45, 7) is 0. The number of carbonyl (C=O) groups is 2. The Morgan fingerprint density at radius 3 is 2.57 bits per heavy atom. The van der Waals surface area contributed by atoms with Crippen molar-refractivity contribution in [3.8, 4) is 0 Å². The molecule has 2 rings (SSSR count). The van der Waals surface area contributed by atoms with Crippen LogP contribution in [-0.2, 0) is 14.3 Å². The monoisotopic (exact) mass is 379 g/mol. The zero-order chi connectivity index (χ0) is 16.8. The van der Waals surface area contributed by atoms with E-state index in [9.17, 15) is 14.7 Å². The van der Waals surface area contributed by atoms with Gasteiger partial charge in [0.2, 0.25) is 0 Å². The average Bonchev–Trinajstić information content (AvgIpc) is 2.53. The number of benzene rings is 1. The molecule has 0 aromatic heterocycles. The minimum atomic E-state index is -0.378. The van der Waals surface area contributed by atoms with E-state index < -0.39 is 0 Å². The van der Waals surface area contributed by atoms with E-state index in [2.05, 4.69) is 25.7 Å². The predicted molar refractivity (Wildman–Crippen MR) is 91.0 cm³/mol. The number of aliphatic hydroxyl groups excluding tert-OH is 1. The molecule has 0 unspecified atom stereocenters. The summed E-state index contributed by atoms with van der Waals surface area (Å²) in [6, 6.07) is 7.28. The number of aliphatic hydroxyl groups is 1. The summed E-state index contributed by atoms with van der Waals surface area (Å²) in [6.07, 6.45) is 1.83. The first kappa shape index (κ1) is 17.4. The van der Waals surface area contributed by atoms with Crippen molar-refractivity contribution in [1.29, 1.82) is 0 Å². The van der Waals surface area contributed by atoms with Gasteiger partial charge in [0.1, 0.15) is 5.76 Å². The smallest absolute Gasteiger partial charge is 0.305 e. The molecule has 0 amide bonds. The Hall–Kier alpha value is -1.95. The van der Waals surface area contributed by atoms with E-state index in [1.165, 1.54) is 7.11 Å². The minimum absolute atomic E-state index is 0.0574. The van der Waals surface area contributed by atoms with Crippen molar-refractivity contribution in [2.75, 3.05) is 7.11 Å². The number of nitrogens with zero attached hydrogens (tertiary/aromatic N) is 1. The largest absolute Gasteiger partial charge is 0.511 e. The predicted octanol–water partition coefficient (Wildman–Crippen LogP) is 4.04. The van der Waals surface area contributed by atoms with Gasteiger partial charge in [-0.15, -0.1) is 0 Å². The fraction of sp³-hybridized carbons (Fsp3) is 0.353. The molecule has 0 saturated heterocycles. The van der Waals surface area contributed by atoms with Crippen molar-refractivity contribution < 1.29 is 19.4 Å². The van der Waals surface area contributed by atoms with Crippen LogP contribution >= 0.6 is 15.9 Å². The van der Waals surface area contributed by atoms with Gasteiger partial charge in [0.15, 0.2) is 5.78 Å². The van der Waals surface area contributed by atoms with Crippen molar-refractivity contribution in [2.24, 2.45) is 4.99 Å². The van der Waals surface area contributed by atoms with Gasteiger partial charge in [-0.2, -0.15) is 0 Å². The van der Waals surface area contributed by atoms with E-state index in [-0.39, 0.29) is 35.9 Å². The first-order valence-corrected chi connectivity index (χ1v) is 8.16. The van der Waals surface area contributed by atoms with E-state index >= 15 is 0 Å². The van der Waals surface area contributed by atoms with Crippen LogP contribution in [0.3, 0.4) is 0 Å². The van der Waals surface area contributed by atoms with Crippen molar-refractivity contribution in [3.63, 3.8) is 0 Å². The van der Waals surface area contributed by atoms with E-state index in [1.54, 1.807) is 12.1 Å². The van der Waals surface area contributed by atoms with Crippen molar-refractivity contribution in [3.05, 3.63) is 40.1 Å². The lowest BCUT2D eigenvalue weighted by molar-refractivity contribution is -0.140. The normalized spacial score (nSPS) is 15.7. The average molecular weight is 380 g/mol. The highest BCUT2D eigenvalue weighted by atomic mass is 79.9. The molecule has 1 N–H and O–H groups in total. The van der Waals surface area contributed by atoms with E-state index in [4.69, 9.17) is 0 Å². The maximum atomic E-state index is 12.2. The zero-order valence-electron chi connectivity index (χ0n) is 12.8. The Balaban J connectivity index is 2.36. The maximum absolute atomic E-state index is 12.2. The number of hydrogen-bond donors (Lipinski definition) is 1. The molecule has 0 spiro atoms. The molecule has 0 aliphatic heterocycles. The van der Waals surface area contributed by atoms with Crippen LogP contribution in [0.25, 0.3) is 0 Å². The van der Waals surface area contributed by atoms with E-state index in [0.717, 1.165) is 4.47 Å². The molecule has 0 saturated carbocycles. The molecule has 122 valence electrons.